The summed E-state index contributed by atoms with van der Waals surface area (Å²) in [5, 5.41) is 19.4. The van der Waals surface area contributed by atoms with Gasteiger partial charge in [0.15, 0.2) is 0 Å². The Morgan fingerprint density at radius 1 is 1.33 bits per heavy atom. The van der Waals surface area contributed by atoms with Crippen molar-refractivity contribution in [3.8, 4) is 0 Å². The number of anilines is 2. The number of benzene rings is 1. The summed E-state index contributed by atoms with van der Waals surface area (Å²) in [6.45, 7) is 2.86. The Hall–Kier alpha value is -2.34. The number of carbonyl (C=O) groups is 1. The number of nitrogens with one attached hydrogen (secondary N) is 2. The molecule has 2 aromatic rings. The minimum absolute atomic E-state index is 0.0936. The lowest BCUT2D eigenvalue weighted by atomic mass is 10.00. The van der Waals surface area contributed by atoms with Crippen molar-refractivity contribution in [2.75, 3.05) is 18.5 Å². The van der Waals surface area contributed by atoms with Crippen LogP contribution < -0.4 is 10.6 Å². The van der Waals surface area contributed by atoms with E-state index in [1.54, 1.807) is 16.9 Å². The van der Waals surface area contributed by atoms with Crippen molar-refractivity contribution in [1.29, 1.82) is 0 Å². The van der Waals surface area contributed by atoms with Gasteiger partial charge in [-0.15, -0.1) is 0 Å². The van der Waals surface area contributed by atoms with Gasteiger partial charge in [-0.05, 0) is 37.0 Å². The highest BCUT2D eigenvalue weighted by atomic mass is 16.3. The molecule has 24 heavy (non-hydrogen) atoms. The summed E-state index contributed by atoms with van der Waals surface area (Å²) in [4.78, 5) is 12.3. The number of hydrogen-bond donors (Lipinski definition) is 3. The number of amides is 1. The van der Waals surface area contributed by atoms with Crippen LogP contribution in [0.2, 0.25) is 0 Å². The van der Waals surface area contributed by atoms with E-state index in [1.807, 2.05) is 31.4 Å². The van der Waals surface area contributed by atoms with E-state index in [-0.39, 0.29) is 12.5 Å². The zero-order valence-corrected chi connectivity index (χ0v) is 14.3. The average molecular weight is 330 g/mol. The van der Waals surface area contributed by atoms with Crippen molar-refractivity contribution in [2.24, 2.45) is 13.0 Å². The molecule has 0 bridgehead atoms. The molecule has 0 aliphatic heterocycles. The third-order valence-corrected chi connectivity index (χ3v) is 3.90. The van der Waals surface area contributed by atoms with E-state index < -0.39 is 0 Å². The van der Waals surface area contributed by atoms with Gasteiger partial charge in [0.2, 0.25) is 0 Å². The van der Waals surface area contributed by atoms with E-state index in [1.165, 1.54) is 0 Å². The van der Waals surface area contributed by atoms with Gasteiger partial charge >= 0.3 is 0 Å². The number of aliphatic hydroxyl groups excluding tert-OH is 1. The van der Waals surface area contributed by atoms with Crippen molar-refractivity contribution in [1.82, 2.24) is 15.1 Å². The van der Waals surface area contributed by atoms with Gasteiger partial charge in [-0.2, -0.15) is 5.10 Å². The molecule has 0 saturated carbocycles. The summed E-state index contributed by atoms with van der Waals surface area (Å²) < 4.78 is 1.72. The average Bonchev–Trinajstić information content (AvgIpc) is 2.98. The molecule has 1 aromatic heterocycles. The Morgan fingerprint density at radius 2 is 2.17 bits per heavy atom. The number of carbonyl (C=O) groups excluding carboxylic acids is 1. The van der Waals surface area contributed by atoms with Crippen molar-refractivity contribution in [2.45, 2.75) is 26.2 Å². The Morgan fingerprint density at radius 3 is 2.83 bits per heavy atom. The first-order valence-corrected chi connectivity index (χ1v) is 8.37. The predicted octanol–water partition coefficient (Wildman–Crippen LogP) is 2.69. The van der Waals surface area contributed by atoms with Gasteiger partial charge in [0.05, 0.1) is 11.9 Å². The number of aliphatic hydroxyl groups is 1. The Bertz CT molecular complexity index is 648. The maximum atomic E-state index is 12.3. The third-order valence-electron chi connectivity index (χ3n) is 3.90. The second-order valence-electron chi connectivity index (χ2n) is 5.99. The predicted molar refractivity (Wildman–Crippen MR) is 95.4 cm³/mol. The number of aryl methyl sites for hydroxylation is 1. The lowest BCUT2D eigenvalue weighted by molar-refractivity contribution is 0.0943. The summed E-state index contributed by atoms with van der Waals surface area (Å²) >= 11 is 0. The van der Waals surface area contributed by atoms with Gasteiger partial charge in [0.1, 0.15) is 0 Å². The van der Waals surface area contributed by atoms with E-state index in [0.717, 1.165) is 30.6 Å². The van der Waals surface area contributed by atoms with E-state index in [9.17, 15) is 4.79 Å². The fourth-order valence-electron chi connectivity index (χ4n) is 2.67. The van der Waals surface area contributed by atoms with Crippen molar-refractivity contribution >= 4 is 17.3 Å². The molecule has 0 aliphatic carbocycles. The summed E-state index contributed by atoms with van der Waals surface area (Å²) in [5.41, 5.74) is 2.33. The van der Waals surface area contributed by atoms with Crippen LogP contribution in [0.15, 0.2) is 36.7 Å². The molecule has 2 rings (SSSR count). The molecule has 1 unspecified atom stereocenters. The van der Waals surface area contributed by atoms with E-state index >= 15 is 0 Å². The van der Waals surface area contributed by atoms with Gasteiger partial charge in [-0.25, -0.2) is 0 Å². The van der Waals surface area contributed by atoms with Crippen LogP contribution in [0, 0.1) is 5.92 Å². The van der Waals surface area contributed by atoms with Crippen LogP contribution >= 0.6 is 0 Å². The first kappa shape index (κ1) is 18.0. The number of hydrogen-bond acceptors (Lipinski definition) is 4. The maximum Gasteiger partial charge on any atom is 0.251 e. The van der Waals surface area contributed by atoms with Crippen LogP contribution in [0.3, 0.4) is 0 Å². The summed E-state index contributed by atoms with van der Waals surface area (Å²) in [5.74, 6) is 0.226. The SMILES string of the molecule is CCCC(CCO)CNC(=O)c1cccc(Nc2cnn(C)c2)c1. The zero-order chi connectivity index (χ0) is 17.4. The topological polar surface area (TPSA) is 79.2 Å². The molecule has 0 fully saturated rings. The highest BCUT2D eigenvalue weighted by Gasteiger charge is 2.11. The molecule has 6 heteroatoms. The molecule has 3 N–H and O–H groups in total. The van der Waals surface area contributed by atoms with Crippen LogP contribution in [-0.2, 0) is 7.05 Å². The second-order valence-corrected chi connectivity index (χ2v) is 5.99. The first-order chi connectivity index (χ1) is 11.6. The van der Waals surface area contributed by atoms with Crippen LogP contribution in [-0.4, -0.2) is 33.9 Å². The Labute approximate surface area is 142 Å². The molecule has 0 radical (unpaired) electrons. The third kappa shape index (κ3) is 5.38. The number of rotatable bonds is 9. The highest BCUT2D eigenvalue weighted by molar-refractivity contribution is 5.95. The molecule has 0 aliphatic rings. The molecular weight excluding hydrogens is 304 g/mol. The second kappa shape index (κ2) is 9.08. The lowest BCUT2D eigenvalue weighted by Gasteiger charge is -2.16. The van der Waals surface area contributed by atoms with Gasteiger partial charge < -0.3 is 15.7 Å². The normalized spacial score (nSPS) is 12.0. The standard InChI is InChI=1S/C18H26N4O2/c1-3-5-14(8-9-23)11-19-18(24)15-6-4-7-16(10-15)21-17-12-20-22(2)13-17/h4,6-7,10,12-14,21,23H,3,5,8-9,11H2,1-2H3,(H,19,24). The molecule has 130 valence electrons. The Kier molecular flexibility index (Phi) is 6.81. The number of nitrogens with zero attached hydrogens (tertiary/aromatic N) is 2. The Balaban J connectivity index is 1.95. The summed E-state index contributed by atoms with van der Waals surface area (Å²) in [6, 6.07) is 7.38. The fraction of sp³-hybridized carbons (Fsp3) is 0.444. The van der Waals surface area contributed by atoms with Gasteiger partial charge in [0.25, 0.3) is 5.91 Å². The molecule has 1 heterocycles. The van der Waals surface area contributed by atoms with E-state index in [4.69, 9.17) is 5.11 Å². The van der Waals surface area contributed by atoms with Crippen molar-refractivity contribution in [3.63, 3.8) is 0 Å². The van der Waals surface area contributed by atoms with E-state index in [2.05, 4.69) is 22.7 Å². The monoisotopic (exact) mass is 330 g/mol. The molecule has 1 aromatic carbocycles. The number of aromatic nitrogens is 2. The molecular formula is C18H26N4O2. The van der Waals surface area contributed by atoms with Crippen LogP contribution in [0.5, 0.6) is 0 Å². The molecule has 6 nitrogen and oxygen atoms in total. The minimum Gasteiger partial charge on any atom is -0.396 e. The highest BCUT2D eigenvalue weighted by Crippen LogP contribution is 2.17. The molecule has 1 amide bonds. The van der Waals surface area contributed by atoms with Crippen LogP contribution in [0.4, 0.5) is 11.4 Å². The zero-order valence-electron chi connectivity index (χ0n) is 14.3. The van der Waals surface area contributed by atoms with Crippen LogP contribution in [0.25, 0.3) is 0 Å². The molecule has 1 atom stereocenters. The summed E-state index contributed by atoms with van der Waals surface area (Å²) in [7, 11) is 1.86. The largest absolute Gasteiger partial charge is 0.396 e. The molecule has 0 spiro atoms. The van der Waals surface area contributed by atoms with Crippen LogP contribution in [0.1, 0.15) is 36.5 Å². The first-order valence-electron chi connectivity index (χ1n) is 8.37. The fourth-order valence-corrected chi connectivity index (χ4v) is 2.67. The minimum atomic E-state index is -0.0936. The molecule has 0 saturated heterocycles. The van der Waals surface area contributed by atoms with E-state index in [0.29, 0.717) is 18.0 Å². The smallest absolute Gasteiger partial charge is 0.251 e. The lowest BCUT2D eigenvalue weighted by Crippen LogP contribution is -2.29. The van der Waals surface area contributed by atoms with Gasteiger partial charge in [-0.3, -0.25) is 9.48 Å². The van der Waals surface area contributed by atoms with Gasteiger partial charge in [0, 0.05) is 37.6 Å². The van der Waals surface area contributed by atoms with Crippen molar-refractivity contribution < 1.29 is 9.90 Å². The maximum absolute atomic E-state index is 12.3. The van der Waals surface area contributed by atoms with Gasteiger partial charge in [-0.1, -0.05) is 19.4 Å². The van der Waals surface area contributed by atoms with Crippen molar-refractivity contribution in [3.05, 3.63) is 42.2 Å². The summed E-state index contributed by atoms with van der Waals surface area (Å²) in [6.07, 6.45) is 6.37. The quantitative estimate of drug-likeness (QED) is 0.660.